The van der Waals surface area contributed by atoms with Gasteiger partial charge in [0.1, 0.15) is 18.1 Å². The summed E-state index contributed by atoms with van der Waals surface area (Å²) >= 11 is 1.44. The summed E-state index contributed by atoms with van der Waals surface area (Å²) in [6.45, 7) is 3.52. The Balaban J connectivity index is 1.58. The summed E-state index contributed by atoms with van der Waals surface area (Å²) < 4.78 is 45.1. The number of ether oxygens (including phenoxy) is 1. The van der Waals surface area contributed by atoms with Gasteiger partial charge in [0.25, 0.3) is 0 Å². The van der Waals surface area contributed by atoms with Gasteiger partial charge in [-0.2, -0.15) is 24.5 Å². The van der Waals surface area contributed by atoms with Crippen molar-refractivity contribution < 1.29 is 27.5 Å². The third-order valence-electron chi connectivity index (χ3n) is 5.60. The van der Waals surface area contributed by atoms with E-state index in [-0.39, 0.29) is 24.7 Å². The molecule has 3 aromatic rings. The molecule has 8 nitrogen and oxygen atoms in total. The lowest BCUT2D eigenvalue weighted by Gasteiger charge is -2.24. The highest BCUT2D eigenvalue weighted by Gasteiger charge is 2.33. The third-order valence-corrected chi connectivity index (χ3v) is 6.28. The second kappa shape index (κ2) is 10.5. The van der Waals surface area contributed by atoms with Crippen LogP contribution in [0.2, 0.25) is 0 Å². The van der Waals surface area contributed by atoms with Gasteiger partial charge in [0, 0.05) is 43.3 Å². The number of nitrogens with one attached hydrogen (secondary N) is 1. The summed E-state index contributed by atoms with van der Waals surface area (Å²) in [7, 11) is 0. The number of anilines is 1. The maximum absolute atomic E-state index is 13.4. The van der Waals surface area contributed by atoms with Gasteiger partial charge < -0.3 is 19.9 Å². The van der Waals surface area contributed by atoms with Crippen molar-refractivity contribution in [2.24, 2.45) is 0 Å². The van der Waals surface area contributed by atoms with Crippen molar-refractivity contribution in [3.63, 3.8) is 0 Å². The Hall–Kier alpha value is -3.41. The summed E-state index contributed by atoms with van der Waals surface area (Å²) in [6, 6.07) is 3.83. The zero-order valence-corrected chi connectivity index (χ0v) is 19.8. The van der Waals surface area contributed by atoms with E-state index in [0.717, 1.165) is 11.6 Å². The fourth-order valence-corrected chi connectivity index (χ4v) is 4.60. The maximum atomic E-state index is 13.4. The van der Waals surface area contributed by atoms with Gasteiger partial charge in [-0.15, -0.1) is 0 Å². The number of pyridine rings is 2. The molecule has 0 aliphatic carbocycles. The minimum atomic E-state index is -4.57. The molecule has 0 radical (unpaired) electrons. The van der Waals surface area contributed by atoms with Crippen LogP contribution in [-0.2, 0) is 15.7 Å². The van der Waals surface area contributed by atoms with E-state index >= 15 is 0 Å². The van der Waals surface area contributed by atoms with Crippen molar-refractivity contribution in [2.75, 3.05) is 44.2 Å². The second-order valence-corrected chi connectivity index (χ2v) is 8.67. The first-order valence-corrected chi connectivity index (χ1v) is 12.0. The van der Waals surface area contributed by atoms with E-state index in [4.69, 9.17) is 4.74 Å². The summed E-state index contributed by atoms with van der Waals surface area (Å²) in [5, 5.41) is 6.76. The zero-order chi connectivity index (χ0) is 25.0. The largest absolute Gasteiger partial charge is 0.465 e. The smallest absolute Gasteiger partial charge is 0.433 e. The summed E-state index contributed by atoms with van der Waals surface area (Å²) in [6.07, 6.45) is -2.39. The number of rotatable bonds is 5. The van der Waals surface area contributed by atoms with Crippen molar-refractivity contribution in [2.45, 2.75) is 19.5 Å². The lowest BCUT2D eigenvalue weighted by molar-refractivity contribution is -0.142. The quantitative estimate of drug-likeness (QED) is 0.522. The molecule has 186 valence electrons. The number of carbonyl (C=O) groups is 2. The molecule has 0 saturated carbocycles. The van der Waals surface area contributed by atoms with Crippen molar-refractivity contribution in [3.8, 4) is 11.1 Å². The number of aromatic nitrogens is 2. The average Bonchev–Trinajstić information content (AvgIpc) is 3.25. The molecule has 0 unspecified atom stereocenters. The molecule has 1 aliphatic heterocycles. The number of hydrogen-bond acceptors (Lipinski definition) is 7. The first-order chi connectivity index (χ1) is 16.8. The second-order valence-electron chi connectivity index (χ2n) is 7.89. The fraction of sp³-hybridized carbons (Fsp3) is 0.391. The van der Waals surface area contributed by atoms with Crippen LogP contribution >= 0.6 is 11.3 Å². The summed E-state index contributed by atoms with van der Waals surface area (Å²) in [5.41, 5.74) is 0.563. The third kappa shape index (κ3) is 5.64. The Kier molecular flexibility index (Phi) is 7.39. The fourth-order valence-electron chi connectivity index (χ4n) is 3.94. The number of urea groups is 1. The molecule has 4 rings (SSSR count). The molecule has 4 heterocycles. The number of nitrogens with zero attached hydrogens (tertiary/aromatic N) is 4. The number of hydrogen-bond donors (Lipinski definition) is 1. The Bertz CT molecular complexity index is 1200. The molecule has 1 N–H and O–H groups in total. The molecule has 0 bridgehead atoms. The highest BCUT2D eigenvalue weighted by Crippen LogP contribution is 2.36. The Labute approximate surface area is 203 Å². The van der Waals surface area contributed by atoms with Crippen LogP contribution < -0.4 is 10.2 Å². The Morgan fingerprint density at radius 1 is 1.17 bits per heavy atom. The van der Waals surface area contributed by atoms with Crippen LogP contribution in [0, 0.1) is 0 Å². The van der Waals surface area contributed by atoms with Gasteiger partial charge in [0.05, 0.1) is 12.1 Å². The minimum absolute atomic E-state index is 0.212. The number of carbonyl (C=O) groups excluding carboxylic acids is 2. The van der Waals surface area contributed by atoms with Crippen molar-refractivity contribution >= 4 is 40.1 Å². The van der Waals surface area contributed by atoms with Crippen LogP contribution in [-0.4, -0.2) is 66.2 Å². The number of esters is 1. The number of amides is 2. The molecule has 1 fully saturated rings. The molecule has 1 saturated heterocycles. The molecule has 0 spiro atoms. The number of fused-ring (bicyclic) bond motifs is 1. The van der Waals surface area contributed by atoms with Crippen molar-refractivity contribution in [3.05, 3.63) is 40.8 Å². The van der Waals surface area contributed by atoms with E-state index in [1.54, 1.807) is 18.0 Å². The topological polar surface area (TPSA) is 87.7 Å². The first kappa shape index (κ1) is 24.7. The lowest BCUT2D eigenvalue weighted by Crippen LogP contribution is -2.44. The normalized spacial score (nSPS) is 14.6. The Morgan fingerprint density at radius 2 is 2.00 bits per heavy atom. The molecular formula is C23H24F3N5O3S. The molecule has 35 heavy (non-hydrogen) atoms. The van der Waals surface area contributed by atoms with Gasteiger partial charge in [-0.05, 0) is 47.9 Å². The van der Waals surface area contributed by atoms with E-state index in [1.165, 1.54) is 17.4 Å². The van der Waals surface area contributed by atoms with Gasteiger partial charge in [-0.25, -0.2) is 14.8 Å². The maximum Gasteiger partial charge on any atom is 0.433 e. The number of thiophene rings is 1. The number of alkyl halides is 3. The van der Waals surface area contributed by atoms with Gasteiger partial charge in [-0.3, -0.25) is 4.79 Å². The van der Waals surface area contributed by atoms with Crippen LogP contribution in [0.1, 0.15) is 19.0 Å². The van der Waals surface area contributed by atoms with Gasteiger partial charge in [0.15, 0.2) is 0 Å². The SMILES string of the molecule is CCOC(=O)CNC(=O)N1CCCN(c2ncc(-c3ccsc3)c3nc(C(F)(F)F)ccc23)CC1. The van der Waals surface area contributed by atoms with Crippen LogP contribution in [0.4, 0.5) is 23.8 Å². The van der Waals surface area contributed by atoms with Crippen LogP contribution in [0.5, 0.6) is 0 Å². The molecular weight excluding hydrogens is 483 g/mol. The minimum Gasteiger partial charge on any atom is -0.465 e. The zero-order valence-electron chi connectivity index (χ0n) is 19.0. The van der Waals surface area contributed by atoms with E-state index in [9.17, 15) is 22.8 Å². The molecule has 2 amide bonds. The van der Waals surface area contributed by atoms with Crippen LogP contribution in [0.15, 0.2) is 35.2 Å². The summed E-state index contributed by atoms with van der Waals surface area (Å²) in [4.78, 5) is 36.1. The highest BCUT2D eigenvalue weighted by atomic mass is 32.1. The molecule has 0 atom stereocenters. The first-order valence-electron chi connectivity index (χ1n) is 11.1. The number of halogens is 3. The van der Waals surface area contributed by atoms with Crippen LogP contribution in [0.25, 0.3) is 22.0 Å². The van der Waals surface area contributed by atoms with E-state index < -0.39 is 17.8 Å². The molecule has 0 aromatic carbocycles. The van der Waals surface area contributed by atoms with E-state index in [2.05, 4.69) is 15.3 Å². The standard InChI is InChI=1S/C23H24F3N5O3S/c1-2-34-19(32)13-28-22(33)31-8-3-7-30(9-10-31)21-16-4-5-18(23(24,25)26)29-20(16)17(12-27-21)15-6-11-35-14-15/h4-6,11-12,14H,2-3,7-10,13H2,1H3,(H,28,33). The van der Waals surface area contributed by atoms with Gasteiger partial charge in [0.2, 0.25) is 0 Å². The monoisotopic (exact) mass is 507 g/mol. The van der Waals surface area contributed by atoms with E-state index in [0.29, 0.717) is 49.4 Å². The molecule has 12 heteroatoms. The van der Waals surface area contributed by atoms with Crippen molar-refractivity contribution in [1.29, 1.82) is 0 Å². The summed E-state index contributed by atoms with van der Waals surface area (Å²) in [5.74, 6) is 0.0124. The molecule has 1 aliphatic rings. The lowest BCUT2D eigenvalue weighted by atomic mass is 10.1. The average molecular weight is 508 g/mol. The predicted octanol–water partition coefficient (Wildman–Crippen LogP) is 4.16. The van der Waals surface area contributed by atoms with Crippen LogP contribution in [0.3, 0.4) is 0 Å². The highest BCUT2D eigenvalue weighted by molar-refractivity contribution is 7.08. The van der Waals surface area contributed by atoms with Gasteiger partial charge >= 0.3 is 18.2 Å². The van der Waals surface area contributed by atoms with E-state index in [1.807, 2.05) is 21.7 Å². The predicted molar refractivity (Wildman–Crippen MR) is 126 cm³/mol. The Morgan fingerprint density at radius 3 is 2.71 bits per heavy atom. The molecule has 3 aromatic heterocycles. The van der Waals surface area contributed by atoms with Gasteiger partial charge in [-0.1, -0.05) is 0 Å². The van der Waals surface area contributed by atoms with Crippen molar-refractivity contribution in [1.82, 2.24) is 20.2 Å².